The zero-order valence-electron chi connectivity index (χ0n) is 14.6. The number of nitrogens with one attached hydrogen (secondary N) is 2. The summed E-state index contributed by atoms with van der Waals surface area (Å²) in [5.74, 6) is 0.773. The van der Waals surface area contributed by atoms with Crippen molar-refractivity contribution in [2.75, 3.05) is 24.1 Å². The van der Waals surface area contributed by atoms with E-state index in [1.165, 1.54) is 48.4 Å². The SMILES string of the molecule is CCCSc1nnc(NS(=O)(=O)c2ccc(OC)c(C(=O)NCC)c2)s1. The van der Waals surface area contributed by atoms with Crippen molar-refractivity contribution in [2.45, 2.75) is 29.5 Å². The van der Waals surface area contributed by atoms with Gasteiger partial charge in [-0.25, -0.2) is 8.42 Å². The number of amides is 1. The molecule has 0 radical (unpaired) electrons. The van der Waals surface area contributed by atoms with Gasteiger partial charge >= 0.3 is 0 Å². The molecular formula is C15H20N4O4S3. The second-order valence-corrected chi connectivity index (χ2v) is 9.05. The first-order valence-electron chi connectivity index (χ1n) is 7.86. The van der Waals surface area contributed by atoms with Crippen molar-refractivity contribution in [3.05, 3.63) is 23.8 Å². The van der Waals surface area contributed by atoms with Crippen LogP contribution in [0.3, 0.4) is 0 Å². The Bertz CT molecular complexity index is 868. The van der Waals surface area contributed by atoms with E-state index in [9.17, 15) is 13.2 Å². The van der Waals surface area contributed by atoms with Crippen molar-refractivity contribution in [3.63, 3.8) is 0 Å². The summed E-state index contributed by atoms with van der Waals surface area (Å²) in [6.07, 6.45) is 0.986. The van der Waals surface area contributed by atoms with E-state index in [2.05, 4.69) is 20.2 Å². The molecule has 0 bridgehead atoms. The Balaban J connectivity index is 2.26. The molecule has 0 saturated carbocycles. The molecule has 0 aliphatic rings. The van der Waals surface area contributed by atoms with Gasteiger partial charge < -0.3 is 10.1 Å². The highest BCUT2D eigenvalue weighted by atomic mass is 32.2. The highest BCUT2D eigenvalue weighted by Crippen LogP contribution is 2.28. The lowest BCUT2D eigenvalue weighted by Gasteiger charge is -2.11. The number of anilines is 1. The van der Waals surface area contributed by atoms with E-state index < -0.39 is 15.9 Å². The summed E-state index contributed by atoms with van der Waals surface area (Å²) in [5.41, 5.74) is 0.147. The molecule has 2 aromatic rings. The molecule has 1 amide bonds. The van der Waals surface area contributed by atoms with Crippen LogP contribution in [0.25, 0.3) is 0 Å². The second kappa shape index (κ2) is 9.19. The van der Waals surface area contributed by atoms with Gasteiger partial charge in [-0.3, -0.25) is 9.52 Å². The number of aromatic nitrogens is 2. The van der Waals surface area contributed by atoms with Crippen LogP contribution in [0.15, 0.2) is 27.4 Å². The molecule has 0 fully saturated rings. The van der Waals surface area contributed by atoms with Gasteiger partial charge in [0.25, 0.3) is 15.9 Å². The largest absolute Gasteiger partial charge is 0.496 e. The fraction of sp³-hybridized carbons (Fsp3) is 0.400. The van der Waals surface area contributed by atoms with Gasteiger partial charge in [0.2, 0.25) is 5.13 Å². The number of carbonyl (C=O) groups excluding carboxylic acids is 1. The minimum atomic E-state index is -3.90. The lowest BCUT2D eigenvalue weighted by Crippen LogP contribution is -2.24. The maximum Gasteiger partial charge on any atom is 0.263 e. The minimum Gasteiger partial charge on any atom is -0.496 e. The smallest absolute Gasteiger partial charge is 0.263 e. The van der Waals surface area contributed by atoms with Gasteiger partial charge in [-0.05, 0) is 31.5 Å². The Labute approximate surface area is 160 Å². The Kier molecular flexibility index (Phi) is 7.23. The summed E-state index contributed by atoms with van der Waals surface area (Å²) in [7, 11) is -2.49. The molecular weight excluding hydrogens is 396 g/mol. The molecule has 142 valence electrons. The molecule has 2 N–H and O–H groups in total. The molecule has 11 heteroatoms. The van der Waals surface area contributed by atoms with Gasteiger partial charge in [-0.2, -0.15) is 0 Å². The van der Waals surface area contributed by atoms with Gasteiger partial charge in [0, 0.05) is 12.3 Å². The van der Waals surface area contributed by atoms with E-state index in [1.807, 2.05) is 6.92 Å². The quantitative estimate of drug-likeness (QED) is 0.605. The van der Waals surface area contributed by atoms with Crippen LogP contribution in [0.1, 0.15) is 30.6 Å². The summed E-state index contributed by atoms with van der Waals surface area (Å²) in [6.45, 7) is 4.24. The first kappa shape index (κ1) is 20.5. The van der Waals surface area contributed by atoms with Crippen LogP contribution < -0.4 is 14.8 Å². The van der Waals surface area contributed by atoms with Crippen LogP contribution >= 0.6 is 23.1 Å². The number of hydrogen-bond acceptors (Lipinski definition) is 8. The highest BCUT2D eigenvalue weighted by Gasteiger charge is 2.21. The van der Waals surface area contributed by atoms with Crippen molar-refractivity contribution < 1.29 is 17.9 Å². The summed E-state index contributed by atoms with van der Waals surface area (Å²) in [4.78, 5) is 12.1. The maximum atomic E-state index is 12.6. The zero-order chi connectivity index (χ0) is 19.2. The fourth-order valence-electron chi connectivity index (χ4n) is 1.96. The molecule has 1 aromatic carbocycles. The second-order valence-electron chi connectivity index (χ2n) is 5.05. The fourth-order valence-corrected chi connectivity index (χ4v) is 4.89. The summed E-state index contributed by atoms with van der Waals surface area (Å²) >= 11 is 2.69. The van der Waals surface area contributed by atoms with Crippen LogP contribution in [-0.4, -0.2) is 43.9 Å². The van der Waals surface area contributed by atoms with Gasteiger partial charge in [0.1, 0.15) is 5.75 Å². The molecule has 8 nitrogen and oxygen atoms in total. The number of ether oxygens (including phenoxy) is 1. The normalized spacial score (nSPS) is 11.2. The van der Waals surface area contributed by atoms with E-state index in [0.29, 0.717) is 16.6 Å². The Morgan fingerprint density at radius 3 is 2.73 bits per heavy atom. The van der Waals surface area contributed by atoms with E-state index in [-0.39, 0.29) is 15.6 Å². The molecule has 0 aliphatic heterocycles. The van der Waals surface area contributed by atoms with Crippen LogP contribution in [0.5, 0.6) is 5.75 Å². The molecule has 0 spiro atoms. The summed E-state index contributed by atoms with van der Waals surface area (Å²) in [5, 5.41) is 10.6. The number of hydrogen-bond donors (Lipinski definition) is 2. The average Bonchev–Trinajstić information content (AvgIpc) is 3.06. The monoisotopic (exact) mass is 416 g/mol. The van der Waals surface area contributed by atoms with Crippen molar-refractivity contribution in [1.82, 2.24) is 15.5 Å². The number of methoxy groups -OCH3 is 1. The first-order chi connectivity index (χ1) is 12.4. The van der Waals surface area contributed by atoms with Gasteiger partial charge in [-0.1, -0.05) is 30.0 Å². The molecule has 26 heavy (non-hydrogen) atoms. The van der Waals surface area contributed by atoms with Crippen molar-refractivity contribution in [1.29, 1.82) is 0 Å². The first-order valence-corrected chi connectivity index (χ1v) is 11.1. The molecule has 1 aromatic heterocycles. The van der Waals surface area contributed by atoms with Crippen molar-refractivity contribution in [2.24, 2.45) is 0 Å². The van der Waals surface area contributed by atoms with Gasteiger partial charge in [0.15, 0.2) is 4.34 Å². The van der Waals surface area contributed by atoms with Crippen LogP contribution in [0.2, 0.25) is 0 Å². The molecule has 0 unspecified atom stereocenters. The third-order valence-corrected chi connectivity index (χ3v) is 6.76. The maximum absolute atomic E-state index is 12.6. The van der Waals surface area contributed by atoms with Gasteiger partial charge in [0.05, 0.1) is 17.6 Å². The third kappa shape index (κ3) is 5.08. The number of carbonyl (C=O) groups is 1. The predicted octanol–water partition coefficient (Wildman–Crippen LogP) is 2.60. The number of sulfonamides is 1. The van der Waals surface area contributed by atoms with Crippen LogP contribution in [0, 0.1) is 0 Å². The molecule has 1 heterocycles. The van der Waals surface area contributed by atoms with E-state index in [1.54, 1.807) is 6.92 Å². The minimum absolute atomic E-state index is 0.0579. The lowest BCUT2D eigenvalue weighted by molar-refractivity contribution is 0.0952. The Morgan fingerprint density at radius 2 is 2.08 bits per heavy atom. The Morgan fingerprint density at radius 1 is 1.31 bits per heavy atom. The molecule has 0 atom stereocenters. The molecule has 2 rings (SSSR count). The molecule has 0 saturated heterocycles. The number of nitrogens with zero attached hydrogens (tertiary/aromatic N) is 2. The topological polar surface area (TPSA) is 110 Å². The van der Waals surface area contributed by atoms with E-state index >= 15 is 0 Å². The zero-order valence-corrected chi connectivity index (χ0v) is 17.1. The number of rotatable bonds is 9. The third-order valence-electron chi connectivity index (χ3n) is 3.12. The highest BCUT2D eigenvalue weighted by molar-refractivity contribution is 8.01. The lowest BCUT2D eigenvalue weighted by atomic mass is 10.2. The van der Waals surface area contributed by atoms with E-state index in [4.69, 9.17) is 4.74 Å². The number of benzene rings is 1. The van der Waals surface area contributed by atoms with Crippen LogP contribution in [0.4, 0.5) is 5.13 Å². The van der Waals surface area contributed by atoms with Crippen molar-refractivity contribution in [3.8, 4) is 5.75 Å². The predicted molar refractivity (Wildman–Crippen MR) is 103 cm³/mol. The number of thioether (sulfide) groups is 1. The van der Waals surface area contributed by atoms with Crippen molar-refractivity contribution >= 4 is 44.2 Å². The summed E-state index contributed by atoms with van der Waals surface area (Å²) in [6, 6.07) is 4.10. The average molecular weight is 417 g/mol. The standard InChI is InChI=1S/C15H20N4O4S3/c1-4-8-24-15-18-17-14(25-15)19-26(21,22)10-6-7-12(23-3)11(9-10)13(20)16-5-2/h6-7,9H,4-5,8H2,1-3H3,(H,16,20)(H,17,19). The van der Waals surface area contributed by atoms with Gasteiger partial charge in [-0.15, -0.1) is 10.2 Å². The van der Waals surface area contributed by atoms with E-state index in [0.717, 1.165) is 12.2 Å². The molecule has 0 aliphatic carbocycles. The Hall–Kier alpha value is -1.85. The summed E-state index contributed by atoms with van der Waals surface area (Å²) < 4.78 is 33.4. The van der Waals surface area contributed by atoms with Crippen LogP contribution in [-0.2, 0) is 10.0 Å².